The summed E-state index contributed by atoms with van der Waals surface area (Å²) in [5, 5.41) is 3.92. The molecular formula is C18H23N3O4. The van der Waals surface area contributed by atoms with Gasteiger partial charge in [-0.2, -0.15) is 0 Å². The number of hydrogen-bond acceptors (Lipinski definition) is 5. The van der Waals surface area contributed by atoms with Crippen molar-refractivity contribution in [3.63, 3.8) is 0 Å². The number of rotatable bonds is 3. The van der Waals surface area contributed by atoms with Gasteiger partial charge in [0.1, 0.15) is 11.5 Å². The van der Waals surface area contributed by atoms with Gasteiger partial charge in [-0.3, -0.25) is 4.79 Å². The summed E-state index contributed by atoms with van der Waals surface area (Å²) in [6, 6.07) is 7.63. The van der Waals surface area contributed by atoms with Gasteiger partial charge < -0.3 is 14.2 Å². The van der Waals surface area contributed by atoms with Gasteiger partial charge in [0.05, 0.1) is 7.11 Å². The van der Waals surface area contributed by atoms with Crippen molar-refractivity contribution in [2.24, 2.45) is 0 Å². The molecule has 2 aromatic rings. The highest BCUT2D eigenvalue weighted by molar-refractivity contribution is 6.20. The Bertz CT molecular complexity index is 757. The summed E-state index contributed by atoms with van der Waals surface area (Å²) in [5.41, 5.74) is 0.0534. The number of carbonyl (C=O) groups excluding carboxylic acids is 2. The standard InChI is InChI=1S/C18H23N3O4/c1-18(2,3)14-11-15(19-25-14)21(17(23)20(4)5)16(22)12-7-9-13(24-6)10-8-12/h7-11H,1-6H3. The molecule has 0 radical (unpaired) electrons. The largest absolute Gasteiger partial charge is 0.497 e. The molecule has 2 rings (SSSR count). The quantitative estimate of drug-likeness (QED) is 0.853. The molecule has 7 heteroatoms. The molecule has 0 aliphatic carbocycles. The molecule has 0 saturated carbocycles. The smallest absolute Gasteiger partial charge is 0.332 e. The first-order valence-corrected chi connectivity index (χ1v) is 7.82. The molecule has 0 fully saturated rings. The third kappa shape index (κ3) is 3.99. The molecule has 3 amide bonds. The van der Waals surface area contributed by atoms with Crippen LogP contribution < -0.4 is 9.64 Å². The predicted octanol–water partition coefficient (Wildman–Crippen LogP) is 3.31. The fourth-order valence-corrected chi connectivity index (χ4v) is 2.08. The van der Waals surface area contributed by atoms with Crippen LogP contribution in [-0.2, 0) is 5.41 Å². The van der Waals surface area contributed by atoms with Gasteiger partial charge >= 0.3 is 6.03 Å². The summed E-state index contributed by atoms with van der Waals surface area (Å²) in [7, 11) is 4.69. The van der Waals surface area contributed by atoms with Gasteiger partial charge in [-0.05, 0) is 24.3 Å². The van der Waals surface area contributed by atoms with Crippen LogP contribution in [0.3, 0.4) is 0 Å². The maximum Gasteiger partial charge on any atom is 0.332 e. The summed E-state index contributed by atoms with van der Waals surface area (Å²) < 4.78 is 10.4. The van der Waals surface area contributed by atoms with Crippen molar-refractivity contribution >= 4 is 17.8 Å². The highest BCUT2D eigenvalue weighted by Gasteiger charge is 2.31. The van der Waals surface area contributed by atoms with E-state index in [1.165, 1.54) is 4.90 Å². The number of methoxy groups -OCH3 is 1. The zero-order valence-electron chi connectivity index (χ0n) is 15.4. The van der Waals surface area contributed by atoms with Gasteiger partial charge in [-0.25, -0.2) is 9.69 Å². The van der Waals surface area contributed by atoms with Crippen LogP contribution in [0.15, 0.2) is 34.9 Å². The second-order valence-electron chi connectivity index (χ2n) is 6.85. The minimum absolute atomic E-state index is 0.157. The van der Waals surface area contributed by atoms with Gasteiger partial charge in [-0.1, -0.05) is 25.9 Å². The van der Waals surface area contributed by atoms with Crippen LogP contribution in [0, 0.1) is 0 Å². The monoisotopic (exact) mass is 345 g/mol. The van der Waals surface area contributed by atoms with Gasteiger partial charge in [0, 0.05) is 31.1 Å². The Hall–Kier alpha value is -2.83. The zero-order chi connectivity index (χ0) is 18.8. The van der Waals surface area contributed by atoms with E-state index in [1.54, 1.807) is 51.5 Å². The lowest BCUT2D eigenvalue weighted by molar-refractivity contribution is 0.0987. The van der Waals surface area contributed by atoms with E-state index in [9.17, 15) is 9.59 Å². The summed E-state index contributed by atoms with van der Waals surface area (Å²) >= 11 is 0. The average molecular weight is 345 g/mol. The SMILES string of the molecule is COc1ccc(C(=O)N(C(=O)N(C)C)c2cc(C(C)(C)C)on2)cc1. The van der Waals surface area contributed by atoms with E-state index < -0.39 is 11.9 Å². The molecule has 0 saturated heterocycles. The minimum Gasteiger partial charge on any atom is -0.497 e. The number of urea groups is 1. The second kappa shape index (κ2) is 6.96. The van der Waals surface area contributed by atoms with Crippen LogP contribution in [0.1, 0.15) is 36.9 Å². The molecule has 0 unspecified atom stereocenters. The number of imide groups is 1. The lowest BCUT2D eigenvalue weighted by Crippen LogP contribution is -2.43. The highest BCUT2D eigenvalue weighted by atomic mass is 16.5. The topological polar surface area (TPSA) is 75.9 Å². The fraction of sp³-hybridized carbons (Fsp3) is 0.389. The molecule has 25 heavy (non-hydrogen) atoms. The highest BCUT2D eigenvalue weighted by Crippen LogP contribution is 2.27. The van der Waals surface area contributed by atoms with Crippen LogP contribution >= 0.6 is 0 Å². The number of hydrogen-bond donors (Lipinski definition) is 0. The molecule has 0 atom stereocenters. The number of aromatic nitrogens is 1. The Morgan fingerprint density at radius 3 is 2.16 bits per heavy atom. The van der Waals surface area contributed by atoms with Crippen molar-refractivity contribution < 1.29 is 18.8 Å². The maximum absolute atomic E-state index is 12.9. The lowest BCUT2D eigenvalue weighted by atomic mass is 9.93. The van der Waals surface area contributed by atoms with E-state index in [-0.39, 0.29) is 11.2 Å². The predicted molar refractivity (Wildman–Crippen MR) is 94.1 cm³/mol. The third-order valence-electron chi connectivity index (χ3n) is 3.58. The minimum atomic E-state index is -0.505. The van der Waals surface area contributed by atoms with E-state index in [1.807, 2.05) is 20.8 Å². The van der Waals surface area contributed by atoms with E-state index in [2.05, 4.69) is 5.16 Å². The Balaban J connectivity index is 2.43. The molecule has 7 nitrogen and oxygen atoms in total. The molecule has 0 N–H and O–H groups in total. The van der Waals surface area contributed by atoms with E-state index in [0.717, 1.165) is 4.90 Å². The Kier molecular flexibility index (Phi) is 5.15. The number of amides is 3. The number of carbonyl (C=O) groups is 2. The van der Waals surface area contributed by atoms with Gasteiger partial charge in [-0.15, -0.1) is 0 Å². The molecule has 134 valence electrons. The first kappa shape index (κ1) is 18.5. The van der Waals surface area contributed by atoms with Crippen molar-refractivity contribution in [1.82, 2.24) is 10.1 Å². The van der Waals surface area contributed by atoms with Crippen LogP contribution in [0.2, 0.25) is 0 Å². The molecule has 0 bridgehead atoms. The van der Waals surface area contributed by atoms with Crippen molar-refractivity contribution in [1.29, 1.82) is 0 Å². The van der Waals surface area contributed by atoms with Crippen molar-refractivity contribution in [2.75, 3.05) is 26.1 Å². The number of ether oxygens (including phenoxy) is 1. The second-order valence-corrected chi connectivity index (χ2v) is 6.85. The van der Waals surface area contributed by atoms with Gasteiger partial charge in [0.2, 0.25) is 0 Å². The van der Waals surface area contributed by atoms with Crippen LogP contribution in [-0.4, -0.2) is 43.2 Å². The van der Waals surface area contributed by atoms with Crippen LogP contribution in [0.5, 0.6) is 5.75 Å². The Morgan fingerprint density at radius 1 is 1.12 bits per heavy atom. The Labute approximate surface area is 147 Å². The van der Waals surface area contributed by atoms with Crippen molar-refractivity contribution in [3.05, 3.63) is 41.7 Å². The van der Waals surface area contributed by atoms with Crippen molar-refractivity contribution in [2.45, 2.75) is 26.2 Å². The van der Waals surface area contributed by atoms with E-state index in [4.69, 9.17) is 9.26 Å². The molecule has 0 spiro atoms. The molecule has 0 aliphatic rings. The third-order valence-corrected chi connectivity index (χ3v) is 3.58. The lowest BCUT2D eigenvalue weighted by Gasteiger charge is -2.22. The van der Waals surface area contributed by atoms with E-state index >= 15 is 0 Å². The number of anilines is 1. The summed E-state index contributed by atoms with van der Waals surface area (Å²) in [4.78, 5) is 27.8. The first-order chi connectivity index (χ1) is 11.6. The van der Waals surface area contributed by atoms with Crippen LogP contribution in [0.25, 0.3) is 0 Å². The zero-order valence-corrected chi connectivity index (χ0v) is 15.4. The molecular weight excluding hydrogens is 322 g/mol. The summed E-state index contributed by atoms with van der Waals surface area (Å²) in [6.45, 7) is 5.88. The molecule has 0 aliphatic heterocycles. The van der Waals surface area contributed by atoms with Gasteiger partial charge in [0.25, 0.3) is 5.91 Å². The summed E-state index contributed by atoms with van der Waals surface area (Å²) in [5.74, 6) is 0.875. The molecule has 1 aromatic heterocycles. The average Bonchev–Trinajstić information content (AvgIpc) is 3.04. The fourth-order valence-electron chi connectivity index (χ4n) is 2.08. The molecule has 1 aromatic carbocycles. The number of nitrogens with zero attached hydrogens (tertiary/aromatic N) is 3. The number of benzene rings is 1. The first-order valence-electron chi connectivity index (χ1n) is 7.82. The summed E-state index contributed by atoms with van der Waals surface area (Å²) in [6.07, 6.45) is 0. The van der Waals surface area contributed by atoms with Crippen molar-refractivity contribution in [3.8, 4) is 5.75 Å². The molecule has 1 heterocycles. The Morgan fingerprint density at radius 2 is 1.72 bits per heavy atom. The van der Waals surface area contributed by atoms with Gasteiger partial charge in [0.15, 0.2) is 5.82 Å². The maximum atomic E-state index is 12.9. The van der Waals surface area contributed by atoms with Crippen LogP contribution in [0.4, 0.5) is 10.6 Å². The normalized spacial score (nSPS) is 11.1. The van der Waals surface area contributed by atoms with E-state index in [0.29, 0.717) is 17.1 Å².